The maximum atomic E-state index is 12.3. The molecule has 1 aromatic rings. The maximum absolute atomic E-state index is 12.3. The van der Waals surface area contributed by atoms with Crippen molar-refractivity contribution in [1.29, 1.82) is 0 Å². The molecule has 5 heteroatoms. The van der Waals surface area contributed by atoms with E-state index < -0.39 is 0 Å². The molecule has 104 valence electrons. The predicted octanol–water partition coefficient (Wildman–Crippen LogP) is 1.99. The Bertz CT molecular complexity index is 476. The van der Waals surface area contributed by atoms with Gasteiger partial charge in [0.15, 0.2) is 0 Å². The van der Waals surface area contributed by atoms with Gasteiger partial charge in [-0.1, -0.05) is 13.3 Å². The number of rotatable bonds is 4. The molecule has 0 radical (unpaired) electrons. The van der Waals surface area contributed by atoms with Crippen molar-refractivity contribution >= 4 is 23.2 Å². The summed E-state index contributed by atoms with van der Waals surface area (Å²) in [5, 5.41) is 2.77. The molecule has 0 spiro atoms. The second-order valence-corrected chi connectivity index (χ2v) is 6.40. The molecule has 1 N–H and O–H groups in total. The fourth-order valence-corrected chi connectivity index (χ4v) is 3.38. The van der Waals surface area contributed by atoms with Gasteiger partial charge < -0.3 is 10.2 Å². The van der Waals surface area contributed by atoms with Gasteiger partial charge in [-0.3, -0.25) is 9.59 Å². The number of hydrogen-bond donors (Lipinski definition) is 1. The Hall–Kier alpha value is -1.36. The van der Waals surface area contributed by atoms with E-state index in [0.29, 0.717) is 13.0 Å². The summed E-state index contributed by atoms with van der Waals surface area (Å²) >= 11 is 1.70. The molecule has 1 aliphatic rings. The number of carbonyl (C=O) groups is 2. The lowest BCUT2D eigenvalue weighted by molar-refractivity contribution is -0.145. The van der Waals surface area contributed by atoms with E-state index in [0.717, 1.165) is 11.3 Å². The van der Waals surface area contributed by atoms with E-state index in [9.17, 15) is 9.59 Å². The summed E-state index contributed by atoms with van der Waals surface area (Å²) in [6.45, 7) is 6.89. The maximum Gasteiger partial charge on any atom is 0.245 e. The summed E-state index contributed by atoms with van der Waals surface area (Å²) in [4.78, 5) is 28.0. The van der Waals surface area contributed by atoms with E-state index in [1.54, 1.807) is 16.2 Å². The Balaban J connectivity index is 2.09. The van der Waals surface area contributed by atoms with Gasteiger partial charge in [-0.2, -0.15) is 0 Å². The molecule has 19 heavy (non-hydrogen) atoms. The number of amides is 2. The van der Waals surface area contributed by atoms with E-state index in [1.165, 1.54) is 10.4 Å². The number of carbonyl (C=O) groups excluding carboxylic acids is 2. The van der Waals surface area contributed by atoms with Gasteiger partial charge in [-0.25, -0.2) is 0 Å². The molecule has 1 aromatic heterocycles. The zero-order valence-electron chi connectivity index (χ0n) is 11.7. The Morgan fingerprint density at radius 3 is 2.74 bits per heavy atom. The van der Waals surface area contributed by atoms with Crippen molar-refractivity contribution in [2.45, 2.75) is 46.2 Å². The van der Waals surface area contributed by atoms with Gasteiger partial charge >= 0.3 is 0 Å². The van der Waals surface area contributed by atoms with E-state index in [4.69, 9.17) is 0 Å². The number of hydrogen-bond acceptors (Lipinski definition) is 3. The van der Waals surface area contributed by atoms with Gasteiger partial charge in [0.2, 0.25) is 11.8 Å². The highest BCUT2D eigenvalue weighted by Crippen LogP contribution is 2.23. The molecule has 4 nitrogen and oxygen atoms in total. The first-order valence-electron chi connectivity index (χ1n) is 6.65. The average Bonchev–Trinajstić information content (AvgIpc) is 2.65. The predicted molar refractivity (Wildman–Crippen MR) is 76.0 cm³/mol. The summed E-state index contributed by atoms with van der Waals surface area (Å²) in [6.07, 6.45) is 1.60. The Morgan fingerprint density at radius 2 is 2.16 bits per heavy atom. The van der Waals surface area contributed by atoms with Crippen LogP contribution in [0.1, 0.15) is 35.1 Å². The van der Waals surface area contributed by atoms with Crippen LogP contribution in [0.4, 0.5) is 0 Å². The molecule has 1 fully saturated rings. The van der Waals surface area contributed by atoms with E-state index in [1.807, 2.05) is 6.92 Å². The van der Waals surface area contributed by atoms with Crippen molar-refractivity contribution in [2.75, 3.05) is 6.54 Å². The molecular weight excluding hydrogens is 260 g/mol. The lowest BCUT2D eigenvalue weighted by Gasteiger charge is -2.32. The fraction of sp³-hybridized carbons (Fsp3) is 0.571. The highest BCUT2D eigenvalue weighted by Gasteiger charge is 2.32. The van der Waals surface area contributed by atoms with Gasteiger partial charge in [0.05, 0.1) is 13.1 Å². The van der Waals surface area contributed by atoms with E-state index in [2.05, 4.69) is 25.2 Å². The third-order valence-electron chi connectivity index (χ3n) is 3.42. The zero-order chi connectivity index (χ0) is 14.0. The van der Waals surface area contributed by atoms with Crippen LogP contribution in [0.3, 0.4) is 0 Å². The minimum atomic E-state index is -0.339. The van der Waals surface area contributed by atoms with Gasteiger partial charge in [-0.05, 0) is 31.9 Å². The SMILES string of the molecule is CCCC1NC(=O)CN(Cc2cc(C)c(C)s2)C1=O. The van der Waals surface area contributed by atoms with Crippen LogP contribution in [0, 0.1) is 13.8 Å². The number of aryl methyl sites for hydroxylation is 2. The standard InChI is InChI=1S/C14H20N2O2S/c1-4-5-12-14(18)16(8-13(17)15-12)7-11-6-9(2)10(3)19-11/h6,12H,4-5,7-8H2,1-3H3,(H,15,17). The van der Waals surface area contributed by atoms with Gasteiger partial charge in [0.1, 0.15) is 6.04 Å². The summed E-state index contributed by atoms with van der Waals surface area (Å²) in [7, 11) is 0. The van der Waals surface area contributed by atoms with Crippen molar-refractivity contribution in [2.24, 2.45) is 0 Å². The van der Waals surface area contributed by atoms with Crippen LogP contribution in [0.2, 0.25) is 0 Å². The molecule has 0 aromatic carbocycles. The van der Waals surface area contributed by atoms with Crippen molar-refractivity contribution in [3.8, 4) is 0 Å². The summed E-state index contributed by atoms with van der Waals surface area (Å²) in [5.41, 5.74) is 1.25. The largest absolute Gasteiger partial charge is 0.343 e. The number of nitrogens with one attached hydrogen (secondary N) is 1. The van der Waals surface area contributed by atoms with Gasteiger partial charge in [-0.15, -0.1) is 11.3 Å². The fourth-order valence-electron chi connectivity index (χ4n) is 2.31. The number of nitrogens with zero attached hydrogens (tertiary/aromatic N) is 1. The van der Waals surface area contributed by atoms with Crippen LogP contribution in [0.5, 0.6) is 0 Å². The van der Waals surface area contributed by atoms with Crippen LogP contribution in [-0.2, 0) is 16.1 Å². The lowest BCUT2D eigenvalue weighted by atomic mass is 10.1. The first-order chi connectivity index (χ1) is 9.01. The Kier molecular flexibility index (Phi) is 4.24. The molecule has 1 saturated heterocycles. The second-order valence-electron chi connectivity index (χ2n) is 5.05. The molecule has 0 bridgehead atoms. The first kappa shape index (κ1) is 14.1. The van der Waals surface area contributed by atoms with Crippen molar-refractivity contribution in [3.63, 3.8) is 0 Å². The van der Waals surface area contributed by atoms with E-state index in [-0.39, 0.29) is 24.4 Å². The van der Waals surface area contributed by atoms with Crippen LogP contribution in [0.25, 0.3) is 0 Å². The molecule has 1 unspecified atom stereocenters. The van der Waals surface area contributed by atoms with Crippen molar-refractivity contribution in [1.82, 2.24) is 10.2 Å². The minimum absolute atomic E-state index is 0.0464. The van der Waals surface area contributed by atoms with Crippen molar-refractivity contribution < 1.29 is 9.59 Å². The van der Waals surface area contributed by atoms with Crippen LogP contribution in [0.15, 0.2) is 6.07 Å². The second kappa shape index (κ2) is 5.74. The minimum Gasteiger partial charge on any atom is -0.343 e. The third kappa shape index (κ3) is 3.15. The van der Waals surface area contributed by atoms with Crippen LogP contribution < -0.4 is 5.32 Å². The average molecular weight is 280 g/mol. The molecule has 2 rings (SSSR count). The van der Waals surface area contributed by atoms with Gasteiger partial charge in [0.25, 0.3) is 0 Å². The molecular formula is C14H20N2O2S. The molecule has 1 aliphatic heterocycles. The molecule has 2 amide bonds. The highest BCUT2D eigenvalue weighted by atomic mass is 32.1. The zero-order valence-corrected chi connectivity index (χ0v) is 12.5. The topological polar surface area (TPSA) is 49.4 Å². The first-order valence-corrected chi connectivity index (χ1v) is 7.47. The molecule has 0 saturated carbocycles. The van der Waals surface area contributed by atoms with E-state index >= 15 is 0 Å². The number of thiophene rings is 1. The smallest absolute Gasteiger partial charge is 0.245 e. The lowest BCUT2D eigenvalue weighted by Crippen LogP contribution is -2.57. The molecule has 1 atom stereocenters. The van der Waals surface area contributed by atoms with Gasteiger partial charge in [0, 0.05) is 9.75 Å². The summed E-state index contributed by atoms with van der Waals surface area (Å²) in [5.74, 6) is -0.00629. The molecule has 0 aliphatic carbocycles. The number of piperazine rings is 1. The third-order valence-corrected chi connectivity index (χ3v) is 4.56. The Labute approximate surface area is 117 Å². The molecule has 2 heterocycles. The quantitative estimate of drug-likeness (QED) is 0.917. The summed E-state index contributed by atoms with van der Waals surface area (Å²) < 4.78 is 0. The monoisotopic (exact) mass is 280 g/mol. The summed E-state index contributed by atoms with van der Waals surface area (Å²) in [6, 6.07) is 1.77. The van der Waals surface area contributed by atoms with Crippen LogP contribution >= 0.6 is 11.3 Å². The van der Waals surface area contributed by atoms with Crippen molar-refractivity contribution in [3.05, 3.63) is 21.4 Å². The normalized spacial score (nSPS) is 19.7. The Morgan fingerprint density at radius 1 is 1.42 bits per heavy atom. The van der Waals surface area contributed by atoms with Crippen LogP contribution in [-0.4, -0.2) is 29.3 Å². The highest BCUT2D eigenvalue weighted by molar-refractivity contribution is 7.12.